The first-order valence-electron chi connectivity index (χ1n) is 9.88. The van der Waals surface area contributed by atoms with Gasteiger partial charge < -0.3 is 4.90 Å². The van der Waals surface area contributed by atoms with E-state index in [1.165, 1.54) is 23.5 Å². The molecule has 0 aliphatic carbocycles. The highest BCUT2D eigenvalue weighted by Crippen LogP contribution is 2.31. The van der Waals surface area contributed by atoms with Crippen molar-refractivity contribution in [1.29, 1.82) is 0 Å². The minimum atomic E-state index is -3.70. The van der Waals surface area contributed by atoms with Crippen LogP contribution in [-0.2, 0) is 14.6 Å². The van der Waals surface area contributed by atoms with Gasteiger partial charge in [0.25, 0.3) is 0 Å². The Labute approximate surface area is 198 Å². The Hall–Kier alpha value is -2.07. The molecular formula is C22H27ClFN3O3S2. The van der Waals surface area contributed by atoms with Crippen molar-refractivity contribution in [3.05, 3.63) is 53.3 Å². The number of aryl methyl sites for hydroxylation is 2. The second kappa shape index (κ2) is 10.7. The minimum absolute atomic E-state index is 0. The average molecular weight is 500 g/mol. The number of sulfone groups is 1. The van der Waals surface area contributed by atoms with Crippen LogP contribution in [0.4, 0.5) is 9.52 Å². The summed E-state index contributed by atoms with van der Waals surface area (Å²) in [5.41, 5.74) is 3.10. The van der Waals surface area contributed by atoms with Crippen LogP contribution in [0.15, 0.2) is 41.3 Å². The molecule has 1 aromatic heterocycles. The van der Waals surface area contributed by atoms with Gasteiger partial charge in [-0.2, -0.15) is 0 Å². The smallest absolute Gasteiger partial charge is 0.229 e. The monoisotopic (exact) mass is 499 g/mol. The number of amides is 1. The zero-order chi connectivity index (χ0) is 22.8. The van der Waals surface area contributed by atoms with Crippen LogP contribution in [0, 0.1) is 19.7 Å². The maximum atomic E-state index is 13.1. The Balaban J connectivity index is 0.00000363. The van der Waals surface area contributed by atoms with Gasteiger partial charge in [0.2, 0.25) is 5.91 Å². The number of anilines is 1. The van der Waals surface area contributed by atoms with E-state index in [9.17, 15) is 17.6 Å². The molecule has 0 spiro atoms. The first kappa shape index (κ1) is 26.2. The quantitative estimate of drug-likeness (QED) is 0.434. The number of likely N-dealkylation sites (N-methyl/N-ethyl adjacent to an activating group) is 1. The summed E-state index contributed by atoms with van der Waals surface area (Å²) in [6.45, 7) is 5.07. The van der Waals surface area contributed by atoms with Crippen LogP contribution in [-0.4, -0.2) is 57.1 Å². The van der Waals surface area contributed by atoms with Crippen LogP contribution in [0.5, 0.6) is 0 Å². The molecule has 0 bridgehead atoms. The zero-order valence-electron chi connectivity index (χ0n) is 18.5. The molecule has 0 unspecified atom stereocenters. The number of hydrogen-bond acceptors (Lipinski definition) is 6. The molecule has 0 radical (unpaired) electrons. The fourth-order valence-electron chi connectivity index (χ4n) is 3.03. The number of nitrogens with zero attached hydrogens (tertiary/aromatic N) is 3. The molecule has 0 saturated carbocycles. The van der Waals surface area contributed by atoms with Crippen molar-refractivity contribution in [2.45, 2.75) is 25.2 Å². The van der Waals surface area contributed by atoms with E-state index in [1.54, 1.807) is 4.90 Å². The Kier molecular flexibility index (Phi) is 8.75. The molecule has 32 heavy (non-hydrogen) atoms. The lowest BCUT2D eigenvalue weighted by atomic mass is 10.1. The number of thiazole rings is 1. The van der Waals surface area contributed by atoms with Crippen LogP contribution < -0.4 is 4.90 Å². The third kappa shape index (κ3) is 6.25. The van der Waals surface area contributed by atoms with Gasteiger partial charge in [0.05, 0.1) is 20.9 Å². The summed E-state index contributed by atoms with van der Waals surface area (Å²) in [5.74, 6) is -1.16. The van der Waals surface area contributed by atoms with Gasteiger partial charge in [0.1, 0.15) is 5.82 Å². The van der Waals surface area contributed by atoms with Gasteiger partial charge in [-0.3, -0.25) is 9.69 Å². The lowest BCUT2D eigenvalue weighted by Crippen LogP contribution is -2.37. The summed E-state index contributed by atoms with van der Waals surface area (Å²) in [4.78, 5) is 21.2. The Bertz CT molecular complexity index is 1160. The summed E-state index contributed by atoms with van der Waals surface area (Å²) in [5, 5.41) is 0.561. The van der Waals surface area contributed by atoms with E-state index in [-0.39, 0.29) is 35.4 Å². The van der Waals surface area contributed by atoms with Crippen molar-refractivity contribution in [1.82, 2.24) is 9.88 Å². The number of fused-ring (bicyclic) bond motifs is 1. The summed E-state index contributed by atoms with van der Waals surface area (Å²) in [6.07, 6.45) is -0.179. The molecule has 1 heterocycles. The van der Waals surface area contributed by atoms with Crippen molar-refractivity contribution in [2.24, 2.45) is 0 Å². The van der Waals surface area contributed by atoms with Gasteiger partial charge in [-0.15, -0.1) is 12.4 Å². The Morgan fingerprint density at radius 1 is 1.06 bits per heavy atom. The van der Waals surface area contributed by atoms with Gasteiger partial charge in [-0.25, -0.2) is 17.8 Å². The van der Waals surface area contributed by atoms with Gasteiger partial charge in [0.15, 0.2) is 15.0 Å². The molecule has 6 nitrogen and oxygen atoms in total. The van der Waals surface area contributed by atoms with Crippen molar-refractivity contribution in [3.8, 4) is 0 Å². The van der Waals surface area contributed by atoms with Gasteiger partial charge >= 0.3 is 0 Å². The van der Waals surface area contributed by atoms with Crippen molar-refractivity contribution < 1.29 is 17.6 Å². The molecule has 0 fully saturated rings. The van der Waals surface area contributed by atoms with Crippen LogP contribution in [0.3, 0.4) is 0 Å². The number of rotatable bonds is 8. The van der Waals surface area contributed by atoms with Gasteiger partial charge in [-0.05, 0) is 75.5 Å². The fourth-order valence-corrected chi connectivity index (χ4v) is 5.35. The predicted octanol–water partition coefficient (Wildman–Crippen LogP) is 4.23. The largest absolute Gasteiger partial charge is 0.308 e. The van der Waals surface area contributed by atoms with E-state index in [1.807, 2.05) is 38.9 Å². The molecule has 2 aromatic carbocycles. The van der Waals surface area contributed by atoms with Crippen LogP contribution in [0.25, 0.3) is 10.2 Å². The number of hydrogen-bond donors (Lipinski definition) is 0. The van der Waals surface area contributed by atoms with E-state index in [0.717, 1.165) is 33.5 Å². The molecule has 0 aliphatic heterocycles. The molecule has 3 aromatic rings. The van der Waals surface area contributed by atoms with Crippen molar-refractivity contribution in [2.75, 3.05) is 37.8 Å². The second-order valence-electron chi connectivity index (χ2n) is 7.77. The molecule has 0 N–H and O–H groups in total. The SMILES string of the molecule is Cc1cc2nc(N(CCN(C)C)C(=O)CCS(=O)(=O)c3ccc(F)cc3)sc2cc1C.Cl. The van der Waals surface area contributed by atoms with Crippen molar-refractivity contribution in [3.63, 3.8) is 0 Å². The van der Waals surface area contributed by atoms with Crippen molar-refractivity contribution >= 4 is 54.8 Å². The second-order valence-corrected chi connectivity index (χ2v) is 10.9. The number of carbonyl (C=O) groups is 1. The van der Waals surface area contributed by atoms with E-state index in [0.29, 0.717) is 18.2 Å². The molecule has 0 atom stereocenters. The van der Waals surface area contributed by atoms with E-state index in [2.05, 4.69) is 11.1 Å². The number of aromatic nitrogens is 1. The molecule has 0 aliphatic rings. The van der Waals surface area contributed by atoms with Gasteiger partial charge in [-0.1, -0.05) is 11.3 Å². The number of halogens is 2. The van der Waals surface area contributed by atoms with Crippen LogP contribution >= 0.6 is 23.7 Å². The van der Waals surface area contributed by atoms with E-state index in [4.69, 9.17) is 0 Å². The first-order valence-corrected chi connectivity index (χ1v) is 12.3. The zero-order valence-corrected chi connectivity index (χ0v) is 20.9. The Morgan fingerprint density at radius 3 is 2.31 bits per heavy atom. The summed E-state index contributed by atoms with van der Waals surface area (Å²) in [7, 11) is 0.122. The highest BCUT2D eigenvalue weighted by atomic mass is 35.5. The molecular weight excluding hydrogens is 473 g/mol. The summed E-state index contributed by atoms with van der Waals surface area (Å²) < 4.78 is 39.2. The molecule has 3 rings (SSSR count). The normalized spacial score (nSPS) is 11.6. The lowest BCUT2D eigenvalue weighted by molar-refractivity contribution is -0.118. The standard InChI is InChI=1S/C22H26FN3O3S2.ClH/c1-15-13-19-20(14-16(15)2)30-22(24-19)26(11-10-25(3)4)21(27)9-12-31(28,29)18-7-5-17(23)6-8-18;/h5-8,13-14H,9-12H2,1-4H3;1H. The summed E-state index contributed by atoms with van der Waals surface area (Å²) >= 11 is 1.42. The highest BCUT2D eigenvalue weighted by molar-refractivity contribution is 7.91. The third-order valence-electron chi connectivity index (χ3n) is 5.05. The highest BCUT2D eigenvalue weighted by Gasteiger charge is 2.23. The molecule has 10 heteroatoms. The van der Waals surface area contributed by atoms with Crippen LogP contribution in [0.2, 0.25) is 0 Å². The molecule has 0 saturated heterocycles. The number of carbonyl (C=O) groups excluding carboxylic acids is 1. The lowest BCUT2D eigenvalue weighted by Gasteiger charge is -2.22. The fraction of sp³-hybridized carbons (Fsp3) is 0.364. The number of benzene rings is 2. The van der Waals surface area contributed by atoms with Gasteiger partial charge in [0, 0.05) is 19.5 Å². The molecule has 174 valence electrons. The maximum Gasteiger partial charge on any atom is 0.229 e. The predicted molar refractivity (Wildman–Crippen MR) is 130 cm³/mol. The van der Waals surface area contributed by atoms with E-state index >= 15 is 0 Å². The molecule has 1 amide bonds. The minimum Gasteiger partial charge on any atom is -0.308 e. The van der Waals surface area contributed by atoms with Crippen LogP contribution in [0.1, 0.15) is 17.5 Å². The topological polar surface area (TPSA) is 70.6 Å². The Morgan fingerprint density at radius 2 is 1.69 bits per heavy atom. The maximum absolute atomic E-state index is 13.1. The van der Waals surface area contributed by atoms with E-state index < -0.39 is 15.7 Å². The first-order chi connectivity index (χ1) is 14.6. The summed E-state index contributed by atoms with van der Waals surface area (Å²) in [6, 6.07) is 8.69. The average Bonchev–Trinajstić information content (AvgIpc) is 3.09. The third-order valence-corrected chi connectivity index (χ3v) is 7.83.